The van der Waals surface area contributed by atoms with Crippen LogP contribution in [-0.2, 0) is 0 Å². The smallest absolute Gasteiger partial charge is 0.224 e. The quantitative estimate of drug-likeness (QED) is 0.764. The number of nitrogens with zero attached hydrogens (tertiary/aromatic N) is 3. The Morgan fingerprint density at radius 1 is 1.60 bits per heavy atom. The first kappa shape index (κ1) is 11.7. The summed E-state index contributed by atoms with van der Waals surface area (Å²) in [7, 11) is 3.69. The van der Waals surface area contributed by atoms with Crippen molar-refractivity contribution in [2.24, 2.45) is 0 Å². The molecular weight excluding hydrogens is 192 g/mol. The van der Waals surface area contributed by atoms with Crippen LogP contribution in [0.15, 0.2) is 6.20 Å². The molecule has 5 heteroatoms. The maximum absolute atomic E-state index is 9.30. The van der Waals surface area contributed by atoms with E-state index in [1.54, 1.807) is 20.2 Å². The molecular formula is C10H18N4O. The number of hydrogen-bond acceptors (Lipinski definition) is 5. The summed E-state index contributed by atoms with van der Waals surface area (Å²) in [4.78, 5) is 10.4. The van der Waals surface area contributed by atoms with E-state index in [9.17, 15) is 5.11 Å². The molecule has 2 N–H and O–H groups in total. The summed E-state index contributed by atoms with van der Waals surface area (Å²) in [6.45, 7) is 4.26. The number of likely N-dealkylation sites (N-methyl/N-ethyl adjacent to an activating group) is 1. The van der Waals surface area contributed by atoms with E-state index in [-0.39, 0.29) is 6.10 Å². The Morgan fingerprint density at radius 2 is 2.27 bits per heavy atom. The molecule has 0 aromatic carbocycles. The molecule has 0 aliphatic carbocycles. The van der Waals surface area contributed by atoms with Crippen molar-refractivity contribution in [3.8, 4) is 0 Å². The van der Waals surface area contributed by atoms with E-state index in [0.717, 1.165) is 11.4 Å². The molecule has 1 aromatic rings. The summed E-state index contributed by atoms with van der Waals surface area (Å²) in [6.07, 6.45) is 1.40. The van der Waals surface area contributed by atoms with Gasteiger partial charge in [0.2, 0.25) is 5.95 Å². The summed E-state index contributed by atoms with van der Waals surface area (Å²) < 4.78 is 0. The van der Waals surface area contributed by atoms with Gasteiger partial charge >= 0.3 is 0 Å². The summed E-state index contributed by atoms with van der Waals surface area (Å²) in [5.74, 6) is 1.43. The molecule has 84 valence electrons. The second kappa shape index (κ2) is 4.93. The summed E-state index contributed by atoms with van der Waals surface area (Å²) in [5, 5.41) is 12.2. The fourth-order valence-corrected chi connectivity index (χ4v) is 1.42. The van der Waals surface area contributed by atoms with Gasteiger partial charge in [-0.1, -0.05) is 0 Å². The third-order valence-electron chi connectivity index (χ3n) is 2.07. The van der Waals surface area contributed by atoms with Gasteiger partial charge in [0.05, 0.1) is 6.10 Å². The van der Waals surface area contributed by atoms with Gasteiger partial charge in [0.15, 0.2) is 0 Å². The Balaban J connectivity index is 2.91. The number of nitrogens with one attached hydrogen (secondary N) is 1. The first-order chi connectivity index (χ1) is 7.04. The highest BCUT2D eigenvalue weighted by atomic mass is 16.3. The van der Waals surface area contributed by atoms with Crippen LogP contribution < -0.4 is 10.2 Å². The van der Waals surface area contributed by atoms with E-state index in [4.69, 9.17) is 0 Å². The van der Waals surface area contributed by atoms with Crippen LogP contribution in [0.25, 0.3) is 0 Å². The van der Waals surface area contributed by atoms with Gasteiger partial charge in [0.25, 0.3) is 0 Å². The highest BCUT2D eigenvalue weighted by Crippen LogP contribution is 2.16. The van der Waals surface area contributed by atoms with Crippen molar-refractivity contribution >= 4 is 11.8 Å². The Labute approximate surface area is 90.2 Å². The number of aromatic nitrogens is 2. The lowest BCUT2D eigenvalue weighted by molar-refractivity contribution is 0.201. The monoisotopic (exact) mass is 210 g/mol. The van der Waals surface area contributed by atoms with Crippen molar-refractivity contribution in [2.45, 2.75) is 20.0 Å². The Kier molecular flexibility index (Phi) is 3.85. The minimum absolute atomic E-state index is 0.373. The lowest BCUT2D eigenvalue weighted by atomic mass is 10.3. The molecule has 1 atom stereocenters. The minimum atomic E-state index is -0.373. The predicted octanol–water partition coefficient (Wildman–Crippen LogP) is 0.644. The lowest BCUT2D eigenvalue weighted by Crippen LogP contribution is -2.28. The van der Waals surface area contributed by atoms with Crippen molar-refractivity contribution in [1.29, 1.82) is 0 Å². The maximum Gasteiger partial charge on any atom is 0.224 e. The summed E-state index contributed by atoms with van der Waals surface area (Å²) in [5.41, 5.74) is 0.997. The standard InChI is InChI=1S/C10H18N4O/c1-7-5-12-10(11-3)13-9(7)14(4)6-8(2)15/h5,8,15H,6H2,1-4H3,(H,11,12,13). The molecule has 1 unspecified atom stereocenters. The highest BCUT2D eigenvalue weighted by molar-refractivity contribution is 5.48. The Bertz CT molecular complexity index is 327. The van der Waals surface area contributed by atoms with Crippen molar-refractivity contribution in [3.05, 3.63) is 11.8 Å². The molecule has 0 fully saturated rings. The number of aryl methyl sites for hydroxylation is 1. The van der Waals surface area contributed by atoms with Crippen LogP contribution in [0.2, 0.25) is 0 Å². The number of hydrogen-bond donors (Lipinski definition) is 2. The fourth-order valence-electron chi connectivity index (χ4n) is 1.42. The van der Waals surface area contributed by atoms with Crippen LogP contribution in [0.3, 0.4) is 0 Å². The van der Waals surface area contributed by atoms with Gasteiger partial charge in [-0.2, -0.15) is 4.98 Å². The number of anilines is 2. The van der Waals surface area contributed by atoms with Crippen LogP contribution in [0, 0.1) is 6.92 Å². The molecule has 0 radical (unpaired) electrons. The molecule has 1 aromatic heterocycles. The first-order valence-electron chi connectivity index (χ1n) is 4.95. The van der Waals surface area contributed by atoms with Crippen LogP contribution in [0.4, 0.5) is 11.8 Å². The van der Waals surface area contributed by atoms with E-state index in [1.165, 1.54) is 0 Å². The van der Waals surface area contributed by atoms with E-state index in [2.05, 4.69) is 15.3 Å². The number of aliphatic hydroxyl groups is 1. The van der Waals surface area contributed by atoms with Gasteiger partial charge in [-0.05, 0) is 13.8 Å². The van der Waals surface area contributed by atoms with E-state index in [0.29, 0.717) is 12.5 Å². The van der Waals surface area contributed by atoms with Gasteiger partial charge in [0, 0.05) is 32.4 Å². The van der Waals surface area contributed by atoms with Crippen molar-refractivity contribution in [1.82, 2.24) is 9.97 Å². The number of rotatable bonds is 4. The molecule has 0 saturated carbocycles. The topological polar surface area (TPSA) is 61.3 Å². The van der Waals surface area contributed by atoms with Gasteiger partial charge in [0.1, 0.15) is 5.82 Å². The van der Waals surface area contributed by atoms with Gasteiger partial charge in [-0.15, -0.1) is 0 Å². The summed E-state index contributed by atoms with van der Waals surface area (Å²) >= 11 is 0. The third-order valence-corrected chi connectivity index (χ3v) is 2.07. The SMILES string of the molecule is CNc1ncc(C)c(N(C)CC(C)O)n1. The molecule has 1 rings (SSSR count). The maximum atomic E-state index is 9.30. The average molecular weight is 210 g/mol. The zero-order valence-electron chi connectivity index (χ0n) is 9.65. The Morgan fingerprint density at radius 3 is 2.80 bits per heavy atom. The molecule has 0 bridgehead atoms. The first-order valence-corrected chi connectivity index (χ1v) is 4.95. The van der Waals surface area contributed by atoms with Crippen LogP contribution in [0.1, 0.15) is 12.5 Å². The van der Waals surface area contributed by atoms with Crippen molar-refractivity contribution in [3.63, 3.8) is 0 Å². The van der Waals surface area contributed by atoms with Crippen molar-refractivity contribution in [2.75, 3.05) is 30.9 Å². The molecule has 5 nitrogen and oxygen atoms in total. The Hall–Kier alpha value is -1.36. The zero-order chi connectivity index (χ0) is 11.4. The third kappa shape index (κ3) is 3.06. The predicted molar refractivity (Wildman–Crippen MR) is 61.3 cm³/mol. The molecule has 0 amide bonds. The largest absolute Gasteiger partial charge is 0.392 e. The van der Waals surface area contributed by atoms with E-state index in [1.807, 2.05) is 18.9 Å². The van der Waals surface area contributed by atoms with E-state index < -0.39 is 0 Å². The normalized spacial score (nSPS) is 12.3. The molecule has 0 saturated heterocycles. The molecule has 0 spiro atoms. The van der Waals surface area contributed by atoms with E-state index >= 15 is 0 Å². The summed E-state index contributed by atoms with van der Waals surface area (Å²) in [6, 6.07) is 0. The van der Waals surface area contributed by atoms with Crippen LogP contribution in [-0.4, -0.2) is 41.8 Å². The van der Waals surface area contributed by atoms with Gasteiger partial charge < -0.3 is 15.3 Å². The molecule has 0 aliphatic rings. The lowest BCUT2D eigenvalue weighted by Gasteiger charge is -2.21. The number of aliphatic hydroxyl groups excluding tert-OH is 1. The molecule has 0 aliphatic heterocycles. The molecule has 15 heavy (non-hydrogen) atoms. The zero-order valence-corrected chi connectivity index (χ0v) is 9.65. The minimum Gasteiger partial charge on any atom is -0.392 e. The highest BCUT2D eigenvalue weighted by Gasteiger charge is 2.09. The second-order valence-electron chi connectivity index (χ2n) is 3.68. The molecule has 1 heterocycles. The second-order valence-corrected chi connectivity index (χ2v) is 3.68. The average Bonchev–Trinajstić information content (AvgIpc) is 2.17. The van der Waals surface area contributed by atoms with Gasteiger partial charge in [-0.3, -0.25) is 0 Å². The fraction of sp³-hybridized carbons (Fsp3) is 0.600. The van der Waals surface area contributed by atoms with Crippen LogP contribution in [0.5, 0.6) is 0 Å². The van der Waals surface area contributed by atoms with Crippen molar-refractivity contribution < 1.29 is 5.11 Å². The van der Waals surface area contributed by atoms with Crippen LogP contribution >= 0.6 is 0 Å². The van der Waals surface area contributed by atoms with Gasteiger partial charge in [-0.25, -0.2) is 4.98 Å².